The third kappa shape index (κ3) is 6.13. The second-order valence-electron chi connectivity index (χ2n) is 2.86. The molecule has 1 heterocycles. The van der Waals surface area contributed by atoms with Gasteiger partial charge in [-0.25, -0.2) is 0 Å². The van der Waals surface area contributed by atoms with Crippen molar-refractivity contribution >= 4 is 17.7 Å². The predicted octanol–water partition coefficient (Wildman–Crippen LogP) is -0.517. The average Bonchev–Trinajstić information content (AvgIpc) is 2.03. The number of hydrogen-bond acceptors (Lipinski definition) is 4. The van der Waals surface area contributed by atoms with E-state index in [0.717, 1.165) is 6.92 Å². The van der Waals surface area contributed by atoms with Crippen molar-refractivity contribution in [3.05, 3.63) is 0 Å². The van der Waals surface area contributed by atoms with Crippen molar-refractivity contribution in [1.29, 1.82) is 0 Å². The predicted molar refractivity (Wildman–Crippen MR) is 47.0 cm³/mol. The van der Waals surface area contributed by atoms with Gasteiger partial charge in [-0.3, -0.25) is 14.4 Å². The first-order valence-corrected chi connectivity index (χ1v) is 4.11. The van der Waals surface area contributed by atoms with E-state index in [2.05, 4.69) is 5.32 Å². The molecule has 0 radical (unpaired) electrons. The lowest BCUT2D eigenvalue weighted by Crippen LogP contribution is -2.43. The highest BCUT2D eigenvalue weighted by Crippen LogP contribution is 2.02. The molecule has 0 aromatic carbocycles. The first-order chi connectivity index (χ1) is 6.43. The van der Waals surface area contributed by atoms with E-state index < -0.39 is 18.0 Å². The number of carboxylic acid groups (broad SMARTS) is 2. The van der Waals surface area contributed by atoms with Crippen molar-refractivity contribution in [3.8, 4) is 0 Å². The Morgan fingerprint density at radius 3 is 2.21 bits per heavy atom. The second-order valence-corrected chi connectivity index (χ2v) is 2.86. The van der Waals surface area contributed by atoms with E-state index in [9.17, 15) is 9.59 Å². The molecule has 80 valence electrons. The largest absolute Gasteiger partial charge is 0.481 e. The minimum absolute atomic E-state index is 0.0335. The minimum atomic E-state index is -0.937. The van der Waals surface area contributed by atoms with Crippen LogP contribution in [0.25, 0.3) is 0 Å². The van der Waals surface area contributed by atoms with Crippen LogP contribution in [0.5, 0.6) is 0 Å². The van der Waals surface area contributed by atoms with E-state index in [4.69, 9.17) is 15.0 Å². The molecule has 0 aromatic heterocycles. The summed E-state index contributed by atoms with van der Waals surface area (Å²) in [4.78, 5) is 30.0. The van der Waals surface area contributed by atoms with Crippen molar-refractivity contribution in [3.63, 3.8) is 0 Å². The molecular weight excluding hydrogens is 190 g/mol. The Balaban J connectivity index is 0.000000364. The number of carboxylic acids is 2. The van der Waals surface area contributed by atoms with Crippen LogP contribution in [0.15, 0.2) is 0 Å². The van der Waals surface area contributed by atoms with Crippen LogP contribution in [0.3, 0.4) is 0 Å². The SMILES string of the molecule is CC(=O)O.O=C1CCNC(C(=O)O)C1. The van der Waals surface area contributed by atoms with E-state index in [1.165, 1.54) is 0 Å². The van der Waals surface area contributed by atoms with Crippen LogP contribution in [0, 0.1) is 0 Å². The van der Waals surface area contributed by atoms with Crippen molar-refractivity contribution in [2.24, 2.45) is 0 Å². The molecule has 0 bridgehead atoms. The molecule has 0 aromatic rings. The van der Waals surface area contributed by atoms with Crippen molar-refractivity contribution in [2.75, 3.05) is 6.54 Å². The lowest BCUT2D eigenvalue weighted by atomic mass is 10.0. The third-order valence-corrected chi connectivity index (χ3v) is 1.52. The number of aliphatic carboxylic acids is 2. The molecule has 1 rings (SSSR count). The zero-order valence-corrected chi connectivity index (χ0v) is 7.82. The Morgan fingerprint density at radius 1 is 1.43 bits per heavy atom. The molecule has 1 aliphatic heterocycles. The molecule has 1 fully saturated rings. The number of rotatable bonds is 1. The van der Waals surface area contributed by atoms with Gasteiger partial charge in [0, 0.05) is 26.3 Å². The number of Topliss-reactive ketones (excluding diaryl/α,β-unsaturated/α-hetero) is 1. The van der Waals surface area contributed by atoms with Crippen LogP contribution in [0.4, 0.5) is 0 Å². The molecule has 1 atom stereocenters. The maximum atomic E-state index is 10.7. The zero-order valence-electron chi connectivity index (χ0n) is 7.82. The van der Waals surface area contributed by atoms with E-state index in [-0.39, 0.29) is 12.2 Å². The Morgan fingerprint density at radius 2 is 1.93 bits per heavy atom. The molecular formula is C8H13NO5. The Labute approximate surface area is 80.9 Å². The summed E-state index contributed by atoms with van der Waals surface area (Å²) < 4.78 is 0. The number of nitrogens with one attached hydrogen (secondary N) is 1. The third-order valence-electron chi connectivity index (χ3n) is 1.52. The summed E-state index contributed by atoms with van der Waals surface area (Å²) in [5.41, 5.74) is 0. The zero-order chi connectivity index (χ0) is 11.1. The molecule has 6 nitrogen and oxygen atoms in total. The summed E-state index contributed by atoms with van der Waals surface area (Å²) in [5.74, 6) is -1.74. The highest BCUT2D eigenvalue weighted by Gasteiger charge is 2.23. The van der Waals surface area contributed by atoms with Crippen LogP contribution in [-0.2, 0) is 14.4 Å². The van der Waals surface area contributed by atoms with Crippen LogP contribution < -0.4 is 5.32 Å². The summed E-state index contributed by atoms with van der Waals surface area (Å²) in [6.45, 7) is 1.58. The molecule has 1 unspecified atom stereocenters. The Hall–Kier alpha value is -1.43. The van der Waals surface area contributed by atoms with Crippen LogP contribution in [-0.4, -0.2) is 40.5 Å². The van der Waals surface area contributed by atoms with Crippen molar-refractivity contribution in [2.45, 2.75) is 25.8 Å². The average molecular weight is 203 g/mol. The Bertz CT molecular complexity index is 232. The first-order valence-electron chi connectivity index (χ1n) is 4.11. The summed E-state index contributed by atoms with van der Waals surface area (Å²) in [5, 5.41) is 18.6. The smallest absolute Gasteiger partial charge is 0.321 e. The van der Waals surface area contributed by atoms with Gasteiger partial charge in [0.1, 0.15) is 11.8 Å². The van der Waals surface area contributed by atoms with Gasteiger partial charge in [0.2, 0.25) is 0 Å². The molecule has 0 spiro atoms. The lowest BCUT2D eigenvalue weighted by Gasteiger charge is -2.17. The van der Waals surface area contributed by atoms with E-state index in [1.807, 2.05) is 0 Å². The fraction of sp³-hybridized carbons (Fsp3) is 0.625. The van der Waals surface area contributed by atoms with Crippen LogP contribution in [0.2, 0.25) is 0 Å². The van der Waals surface area contributed by atoms with Gasteiger partial charge >= 0.3 is 5.97 Å². The normalized spacial score (nSPS) is 20.6. The van der Waals surface area contributed by atoms with E-state index in [0.29, 0.717) is 13.0 Å². The molecule has 1 saturated heterocycles. The number of hydrogen-bond donors (Lipinski definition) is 3. The quantitative estimate of drug-likeness (QED) is 0.530. The maximum Gasteiger partial charge on any atom is 0.321 e. The van der Waals surface area contributed by atoms with Crippen molar-refractivity contribution in [1.82, 2.24) is 5.32 Å². The topological polar surface area (TPSA) is 104 Å². The molecule has 3 N–H and O–H groups in total. The van der Waals surface area contributed by atoms with Gasteiger partial charge in [0.15, 0.2) is 0 Å². The summed E-state index contributed by atoms with van der Waals surface area (Å²) >= 11 is 0. The standard InChI is InChI=1S/C6H9NO3.C2H4O2/c8-4-1-2-7-5(3-4)6(9)10;1-2(3)4/h5,7H,1-3H2,(H,9,10);1H3,(H,3,4). The molecule has 1 aliphatic rings. The van der Waals surface area contributed by atoms with Gasteiger partial charge < -0.3 is 15.5 Å². The fourth-order valence-electron chi connectivity index (χ4n) is 0.962. The van der Waals surface area contributed by atoms with Gasteiger partial charge in [-0.15, -0.1) is 0 Å². The first kappa shape index (κ1) is 12.6. The number of carbonyl (C=O) groups is 3. The lowest BCUT2D eigenvalue weighted by molar-refractivity contribution is -0.142. The monoisotopic (exact) mass is 203 g/mol. The minimum Gasteiger partial charge on any atom is -0.481 e. The second kappa shape index (κ2) is 6.09. The number of carbonyl (C=O) groups excluding carboxylic acids is 1. The Kier molecular flexibility index (Phi) is 5.47. The molecule has 14 heavy (non-hydrogen) atoms. The molecule has 0 saturated carbocycles. The fourth-order valence-corrected chi connectivity index (χ4v) is 0.962. The molecule has 6 heteroatoms. The van der Waals surface area contributed by atoms with E-state index in [1.54, 1.807) is 0 Å². The van der Waals surface area contributed by atoms with Crippen LogP contribution >= 0.6 is 0 Å². The maximum absolute atomic E-state index is 10.7. The summed E-state index contributed by atoms with van der Waals surface area (Å²) in [7, 11) is 0. The van der Waals surface area contributed by atoms with Gasteiger partial charge in [-0.05, 0) is 0 Å². The number of piperidine rings is 1. The highest BCUT2D eigenvalue weighted by molar-refractivity contribution is 5.87. The van der Waals surface area contributed by atoms with Gasteiger partial charge in [-0.1, -0.05) is 0 Å². The van der Waals surface area contributed by atoms with Gasteiger partial charge in [0.25, 0.3) is 5.97 Å². The van der Waals surface area contributed by atoms with Crippen LogP contribution in [0.1, 0.15) is 19.8 Å². The van der Waals surface area contributed by atoms with E-state index >= 15 is 0 Å². The summed E-state index contributed by atoms with van der Waals surface area (Å²) in [6, 6.07) is -0.652. The molecule has 0 amide bonds. The molecule has 0 aliphatic carbocycles. The highest BCUT2D eigenvalue weighted by atomic mass is 16.4. The van der Waals surface area contributed by atoms with Gasteiger partial charge in [0.05, 0.1) is 0 Å². The number of ketones is 1. The van der Waals surface area contributed by atoms with Crippen molar-refractivity contribution < 1.29 is 24.6 Å². The van der Waals surface area contributed by atoms with Gasteiger partial charge in [-0.2, -0.15) is 0 Å². The summed E-state index contributed by atoms with van der Waals surface area (Å²) in [6.07, 6.45) is 0.596.